The van der Waals surface area contributed by atoms with Gasteiger partial charge in [0.2, 0.25) is 0 Å². The Labute approximate surface area is 126 Å². The Bertz CT molecular complexity index is 762. The van der Waals surface area contributed by atoms with Crippen molar-refractivity contribution in [1.82, 2.24) is 4.98 Å². The second-order valence-electron chi connectivity index (χ2n) is 4.25. The zero-order chi connectivity index (χ0) is 15.6. The van der Waals surface area contributed by atoms with Crippen molar-refractivity contribution in [2.45, 2.75) is 18.7 Å². The van der Waals surface area contributed by atoms with E-state index in [1.807, 2.05) is 6.92 Å². The van der Waals surface area contributed by atoms with E-state index in [0.29, 0.717) is 0 Å². The molecule has 0 bridgehead atoms. The third-order valence-corrected chi connectivity index (χ3v) is 5.35. The van der Waals surface area contributed by atoms with Crippen LogP contribution in [0.3, 0.4) is 0 Å². The maximum Gasteiger partial charge on any atom is 0.339 e. The molecule has 0 spiro atoms. The van der Waals surface area contributed by atoms with Crippen LogP contribution < -0.4 is 4.72 Å². The zero-order valence-electron chi connectivity index (χ0n) is 11.7. The molecule has 112 valence electrons. The van der Waals surface area contributed by atoms with Crippen molar-refractivity contribution in [3.8, 4) is 0 Å². The first-order chi connectivity index (χ1) is 9.85. The molecule has 0 radical (unpaired) electrons. The molecule has 0 saturated heterocycles. The van der Waals surface area contributed by atoms with Crippen LogP contribution in [0.25, 0.3) is 0 Å². The quantitative estimate of drug-likeness (QED) is 0.872. The van der Waals surface area contributed by atoms with Crippen LogP contribution in [0.4, 0.5) is 5.13 Å². The largest absolute Gasteiger partial charge is 0.465 e. The second kappa shape index (κ2) is 5.82. The van der Waals surface area contributed by atoms with Gasteiger partial charge in [-0.25, -0.2) is 18.2 Å². The number of anilines is 1. The van der Waals surface area contributed by atoms with E-state index in [2.05, 4.69) is 14.4 Å². The van der Waals surface area contributed by atoms with Crippen molar-refractivity contribution in [3.63, 3.8) is 0 Å². The van der Waals surface area contributed by atoms with Crippen molar-refractivity contribution < 1.29 is 17.9 Å². The number of aryl methyl sites for hydroxylation is 2. The summed E-state index contributed by atoms with van der Waals surface area (Å²) < 4.78 is 31.8. The second-order valence-corrected chi connectivity index (χ2v) is 7.11. The first-order valence-electron chi connectivity index (χ1n) is 5.99. The minimum absolute atomic E-state index is 0.0162. The van der Waals surface area contributed by atoms with Gasteiger partial charge in [0.1, 0.15) is 4.90 Å². The van der Waals surface area contributed by atoms with Crippen LogP contribution in [0.1, 0.15) is 20.9 Å². The van der Waals surface area contributed by atoms with Gasteiger partial charge in [0.15, 0.2) is 5.13 Å². The minimum Gasteiger partial charge on any atom is -0.465 e. The summed E-state index contributed by atoms with van der Waals surface area (Å²) in [5.41, 5.74) is 0.747. The van der Waals surface area contributed by atoms with Crippen LogP contribution in [-0.4, -0.2) is 26.5 Å². The smallest absolute Gasteiger partial charge is 0.339 e. The van der Waals surface area contributed by atoms with Crippen LogP contribution in [-0.2, 0) is 14.8 Å². The van der Waals surface area contributed by atoms with Gasteiger partial charge >= 0.3 is 5.97 Å². The van der Waals surface area contributed by atoms with Gasteiger partial charge in [0, 0.05) is 4.88 Å². The summed E-state index contributed by atoms with van der Waals surface area (Å²) in [6.45, 7) is 3.65. The van der Waals surface area contributed by atoms with Crippen LogP contribution in [0.5, 0.6) is 0 Å². The molecule has 0 unspecified atom stereocenters. The number of aromatic nitrogens is 1. The summed E-state index contributed by atoms with van der Waals surface area (Å²) in [4.78, 5) is 16.6. The molecule has 0 saturated carbocycles. The van der Waals surface area contributed by atoms with Gasteiger partial charge < -0.3 is 4.74 Å². The molecule has 0 fully saturated rings. The Hall–Kier alpha value is -1.93. The van der Waals surface area contributed by atoms with Crippen molar-refractivity contribution >= 4 is 32.5 Å². The monoisotopic (exact) mass is 326 g/mol. The molecule has 6 nitrogen and oxygen atoms in total. The van der Waals surface area contributed by atoms with E-state index in [4.69, 9.17) is 0 Å². The summed E-state index contributed by atoms with van der Waals surface area (Å²) in [5, 5.41) is 0.268. The van der Waals surface area contributed by atoms with E-state index in [1.54, 1.807) is 19.1 Å². The molecule has 1 heterocycles. The molecule has 0 aliphatic heterocycles. The molecular weight excluding hydrogens is 312 g/mol. The number of nitrogens with one attached hydrogen (secondary N) is 1. The van der Waals surface area contributed by atoms with Crippen LogP contribution in [0.2, 0.25) is 0 Å². The van der Waals surface area contributed by atoms with Crippen molar-refractivity contribution in [1.29, 1.82) is 0 Å². The first-order valence-corrected chi connectivity index (χ1v) is 8.29. The van der Waals surface area contributed by atoms with Crippen molar-refractivity contribution in [3.05, 3.63) is 40.4 Å². The minimum atomic E-state index is -3.91. The maximum atomic E-state index is 12.4. The Morgan fingerprint density at radius 2 is 1.95 bits per heavy atom. The predicted octanol–water partition coefficient (Wildman–Crippen LogP) is 2.35. The third kappa shape index (κ3) is 3.22. The highest BCUT2D eigenvalue weighted by atomic mass is 32.2. The number of esters is 1. The fourth-order valence-corrected chi connectivity index (χ4v) is 3.91. The Morgan fingerprint density at radius 3 is 2.52 bits per heavy atom. The fourth-order valence-electron chi connectivity index (χ4n) is 1.67. The summed E-state index contributed by atoms with van der Waals surface area (Å²) in [5.74, 6) is -0.706. The third-order valence-electron chi connectivity index (χ3n) is 2.83. The highest BCUT2D eigenvalue weighted by Crippen LogP contribution is 2.25. The van der Waals surface area contributed by atoms with Gasteiger partial charge in [0.25, 0.3) is 10.0 Å². The van der Waals surface area contributed by atoms with Crippen LogP contribution in [0.15, 0.2) is 29.2 Å². The number of sulfonamides is 1. The van der Waals surface area contributed by atoms with Crippen molar-refractivity contribution in [2.24, 2.45) is 0 Å². The molecule has 0 aliphatic carbocycles. The van der Waals surface area contributed by atoms with Crippen LogP contribution in [0, 0.1) is 13.8 Å². The highest BCUT2D eigenvalue weighted by Gasteiger charge is 2.23. The van der Waals surface area contributed by atoms with Gasteiger partial charge in [-0.05, 0) is 26.0 Å². The lowest BCUT2D eigenvalue weighted by molar-refractivity contribution is 0.0596. The number of hydrogen-bond acceptors (Lipinski definition) is 6. The van der Waals surface area contributed by atoms with E-state index in [-0.39, 0.29) is 15.6 Å². The summed E-state index contributed by atoms with van der Waals surface area (Å²) in [6, 6.07) is 5.86. The average Bonchev–Trinajstić information content (AvgIpc) is 2.75. The van der Waals surface area contributed by atoms with E-state index < -0.39 is 16.0 Å². The molecule has 1 aromatic heterocycles. The SMILES string of the molecule is COC(=O)c1ccccc1S(=O)(=O)Nc1nc(C)c(C)s1. The normalized spacial score (nSPS) is 11.2. The molecule has 1 aromatic carbocycles. The Morgan fingerprint density at radius 1 is 1.29 bits per heavy atom. The number of methoxy groups -OCH3 is 1. The van der Waals surface area contributed by atoms with Gasteiger partial charge in [-0.1, -0.05) is 12.1 Å². The van der Waals surface area contributed by atoms with Gasteiger partial charge in [-0.3, -0.25) is 4.72 Å². The standard InChI is InChI=1S/C13H14N2O4S2/c1-8-9(2)20-13(14-8)15-21(17,18)11-7-5-4-6-10(11)12(16)19-3/h4-7H,1-3H3,(H,14,15). The van der Waals surface area contributed by atoms with E-state index >= 15 is 0 Å². The fraction of sp³-hybridized carbons (Fsp3) is 0.231. The van der Waals surface area contributed by atoms with E-state index in [0.717, 1.165) is 10.6 Å². The molecule has 0 atom stereocenters. The van der Waals surface area contributed by atoms with Crippen molar-refractivity contribution in [2.75, 3.05) is 11.8 Å². The van der Waals surface area contributed by atoms with Gasteiger partial charge in [0.05, 0.1) is 18.4 Å². The lowest BCUT2D eigenvalue weighted by Crippen LogP contribution is -2.17. The highest BCUT2D eigenvalue weighted by molar-refractivity contribution is 7.93. The number of carbonyl (C=O) groups excluding carboxylic acids is 1. The summed E-state index contributed by atoms with van der Waals surface area (Å²) in [7, 11) is -2.70. The zero-order valence-corrected chi connectivity index (χ0v) is 13.3. The number of carbonyl (C=O) groups is 1. The lowest BCUT2D eigenvalue weighted by Gasteiger charge is -2.09. The molecule has 2 rings (SSSR count). The van der Waals surface area contributed by atoms with Gasteiger partial charge in [-0.2, -0.15) is 0 Å². The van der Waals surface area contributed by atoms with E-state index in [9.17, 15) is 13.2 Å². The first kappa shape index (κ1) is 15.5. The number of benzene rings is 1. The lowest BCUT2D eigenvalue weighted by atomic mass is 10.2. The molecule has 21 heavy (non-hydrogen) atoms. The number of hydrogen-bond donors (Lipinski definition) is 1. The average molecular weight is 326 g/mol. The topological polar surface area (TPSA) is 85.4 Å². The summed E-state index contributed by atoms with van der Waals surface area (Å²) in [6.07, 6.45) is 0. The number of rotatable bonds is 4. The van der Waals surface area contributed by atoms with Gasteiger partial charge in [-0.15, -0.1) is 11.3 Å². The molecular formula is C13H14N2O4S2. The Kier molecular flexibility index (Phi) is 4.29. The molecule has 0 aliphatic rings. The van der Waals surface area contributed by atoms with Crippen LogP contribution >= 0.6 is 11.3 Å². The molecule has 0 amide bonds. The molecule has 2 aromatic rings. The number of nitrogens with zero attached hydrogens (tertiary/aromatic N) is 1. The molecule has 1 N–H and O–H groups in total. The maximum absolute atomic E-state index is 12.4. The molecule has 8 heteroatoms. The Balaban J connectivity index is 2.42. The predicted molar refractivity (Wildman–Crippen MR) is 80.2 cm³/mol. The van der Waals surface area contributed by atoms with E-state index in [1.165, 1.54) is 30.6 Å². The summed E-state index contributed by atoms with van der Waals surface area (Å²) >= 11 is 1.24. The number of ether oxygens (including phenoxy) is 1. The number of thiazole rings is 1.